The highest BCUT2D eigenvalue weighted by Gasteiger charge is 2.27. The summed E-state index contributed by atoms with van der Waals surface area (Å²) in [5.41, 5.74) is -0.526. The van der Waals surface area contributed by atoms with Crippen LogP contribution >= 0.6 is 11.6 Å². The van der Waals surface area contributed by atoms with Gasteiger partial charge in [0.2, 0.25) is 10.0 Å². The fourth-order valence-corrected chi connectivity index (χ4v) is 2.48. The minimum absolute atomic E-state index is 0.0361. The Kier molecular flexibility index (Phi) is 4.95. The van der Waals surface area contributed by atoms with Gasteiger partial charge in [0.15, 0.2) is 0 Å². The number of aliphatic hydroxyl groups is 1. The van der Waals surface area contributed by atoms with Crippen molar-refractivity contribution in [3.8, 4) is 0 Å². The van der Waals surface area contributed by atoms with Crippen LogP contribution in [-0.2, 0) is 10.0 Å². The van der Waals surface area contributed by atoms with Gasteiger partial charge < -0.3 is 5.11 Å². The van der Waals surface area contributed by atoms with Gasteiger partial charge in [-0.3, -0.25) is 0 Å². The molecular weight excluding hydrogens is 288 g/mol. The SMILES string of the molecule is Cc1cc(S(=O)(=O)NCC(C)(O)C(C)C)cnc1Cl. The number of halogens is 1. The predicted octanol–water partition coefficient (Wildman–Crippen LogP) is 1.73. The van der Waals surface area contributed by atoms with Crippen molar-refractivity contribution < 1.29 is 13.5 Å². The van der Waals surface area contributed by atoms with Crippen LogP contribution < -0.4 is 4.72 Å². The zero-order chi connectivity index (χ0) is 14.8. The molecule has 0 aromatic carbocycles. The molecule has 0 spiro atoms. The maximum atomic E-state index is 12.1. The average Bonchev–Trinajstić information content (AvgIpc) is 2.30. The highest BCUT2D eigenvalue weighted by Crippen LogP contribution is 2.18. The lowest BCUT2D eigenvalue weighted by molar-refractivity contribution is 0.0190. The van der Waals surface area contributed by atoms with Gasteiger partial charge in [-0.1, -0.05) is 25.4 Å². The number of aryl methyl sites for hydroxylation is 1. The fraction of sp³-hybridized carbons (Fsp3) is 0.583. The summed E-state index contributed by atoms with van der Waals surface area (Å²) in [6.45, 7) is 6.85. The molecule has 0 aliphatic rings. The van der Waals surface area contributed by atoms with E-state index >= 15 is 0 Å². The van der Waals surface area contributed by atoms with E-state index in [9.17, 15) is 13.5 Å². The zero-order valence-corrected chi connectivity index (χ0v) is 13.0. The molecule has 0 bridgehead atoms. The third-order valence-electron chi connectivity index (χ3n) is 3.16. The second-order valence-electron chi connectivity index (χ2n) is 5.12. The normalized spacial score (nSPS) is 15.5. The summed E-state index contributed by atoms with van der Waals surface area (Å²) < 4.78 is 26.5. The quantitative estimate of drug-likeness (QED) is 0.812. The van der Waals surface area contributed by atoms with Crippen LogP contribution in [-0.4, -0.2) is 30.7 Å². The minimum atomic E-state index is -3.70. The Hall–Kier alpha value is -0.690. The Balaban J connectivity index is 2.90. The van der Waals surface area contributed by atoms with Crippen molar-refractivity contribution in [2.45, 2.75) is 38.2 Å². The van der Waals surface area contributed by atoms with E-state index < -0.39 is 15.6 Å². The largest absolute Gasteiger partial charge is 0.389 e. The molecule has 2 N–H and O–H groups in total. The zero-order valence-electron chi connectivity index (χ0n) is 11.4. The number of nitrogens with zero attached hydrogens (tertiary/aromatic N) is 1. The molecule has 19 heavy (non-hydrogen) atoms. The Morgan fingerprint density at radius 2 is 2.11 bits per heavy atom. The van der Waals surface area contributed by atoms with Crippen molar-refractivity contribution in [1.82, 2.24) is 9.71 Å². The standard InChI is InChI=1S/C12H19ClN2O3S/c1-8(2)12(4,16)7-15-19(17,18)10-5-9(3)11(13)14-6-10/h5-6,8,15-16H,7H2,1-4H3. The molecule has 1 aromatic heterocycles. The maximum Gasteiger partial charge on any atom is 0.242 e. The highest BCUT2D eigenvalue weighted by atomic mass is 35.5. The topological polar surface area (TPSA) is 79.3 Å². The van der Waals surface area contributed by atoms with Gasteiger partial charge in [-0.05, 0) is 31.4 Å². The lowest BCUT2D eigenvalue weighted by atomic mass is 9.93. The van der Waals surface area contributed by atoms with Crippen molar-refractivity contribution in [2.75, 3.05) is 6.54 Å². The summed E-state index contributed by atoms with van der Waals surface area (Å²) in [5.74, 6) is -0.0692. The molecule has 0 aliphatic carbocycles. The smallest absolute Gasteiger partial charge is 0.242 e. The van der Waals surface area contributed by atoms with E-state index in [1.807, 2.05) is 13.8 Å². The number of sulfonamides is 1. The third kappa shape index (κ3) is 4.14. The second-order valence-corrected chi connectivity index (χ2v) is 7.24. The molecule has 0 radical (unpaired) electrons. The van der Waals surface area contributed by atoms with Crippen LogP contribution in [0.15, 0.2) is 17.2 Å². The second kappa shape index (κ2) is 5.75. The molecule has 0 fully saturated rings. The van der Waals surface area contributed by atoms with E-state index in [0.29, 0.717) is 5.56 Å². The van der Waals surface area contributed by atoms with E-state index in [4.69, 9.17) is 11.6 Å². The van der Waals surface area contributed by atoms with Gasteiger partial charge in [-0.15, -0.1) is 0 Å². The number of hydrogen-bond acceptors (Lipinski definition) is 4. The van der Waals surface area contributed by atoms with E-state index in [0.717, 1.165) is 0 Å². The van der Waals surface area contributed by atoms with E-state index in [-0.39, 0.29) is 22.5 Å². The minimum Gasteiger partial charge on any atom is -0.389 e. The van der Waals surface area contributed by atoms with Crippen molar-refractivity contribution >= 4 is 21.6 Å². The van der Waals surface area contributed by atoms with Crippen LogP contribution in [0.1, 0.15) is 26.3 Å². The maximum absolute atomic E-state index is 12.1. The van der Waals surface area contributed by atoms with Gasteiger partial charge in [-0.2, -0.15) is 0 Å². The monoisotopic (exact) mass is 306 g/mol. The van der Waals surface area contributed by atoms with Gasteiger partial charge >= 0.3 is 0 Å². The molecule has 0 saturated heterocycles. The molecular formula is C12H19ClN2O3S. The van der Waals surface area contributed by atoms with Crippen LogP contribution in [0, 0.1) is 12.8 Å². The lowest BCUT2D eigenvalue weighted by Crippen LogP contribution is -2.44. The molecule has 1 atom stereocenters. The molecule has 0 saturated carbocycles. The van der Waals surface area contributed by atoms with Gasteiger partial charge in [0.05, 0.1) is 5.60 Å². The number of hydrogen-bond donors (Lipinski definition) is 2. The summed E-state index contributed by atoms with van der Waals surface area (Å²) in [7, 11) is -3.70. The van der Waals surface area contributed by atoms with Crippen LogP contribution in [0.2, 0.25) is 5.15 Å². The molecule has 1 aromatic rings. The summed E-state index contributed by atoms with van der Waals surface area (Å²) in [6.07, 6.45) is 1.20. The summed E-state index contributed by atoms with van der Waals surface area (Å²) in [6, 6.07) is 1.45. The van der Waals surface area contributed by atoms with Crippen molar-refractivity contribution in [3.05, 3.63) is 23.0 Å². The van der Waals surface area contributed by atoms with Crippen LogP contribution in [0.4, 0.5) is 0 Å². The lowest BCUT2D eigenvalue weighted by Gasteiger charge is -2.27. The molecule has 7 heteroatoms. The van der Waals surface area contributed by atoms with Crippen LogP contribution in [0.3, 0.4) is 0 Å². The first-order valence-corrected chi connectivity index (χ1v) is 7.76. The first-order chi connectivity index (χ1) is 8.56. The van der Waals surface area contributed by atoms with Gasteiger partial charge in [0, 0.05) is 12.7 Å². The first kappa shape index (κ1) is 16.4. The highest BCUT2D eigenvalue weighted by molar-refractivity contribution is 7.89. The van der Waals surface area contributed by atoms with E-state index in [2.05, 4.69) is 9.71 Å². The molecule has 108 valence electrons. The van der Waals surface area contributed by atoms with Gasteiger partial charge in [-0.25, -0.2) is 18.1 Å². The Morgan fingerprint density at radius 1 is 1.53 bits per heavy atom. The summed E-state index contributed by atoms with van der Waals surface area (Å²) in [5, 5.41) is 10.3. The Morgan fingerprint density at radius 3 is 2.58 bits per heavy atom. The molecule has 5 nitrogen and oxygen atoms in total. The third-order valence-corrected chi connectivity index (χ3v) is 4.93. The number of rotatable bonds is 5. The number of pyridine rings is 1. The predicted molar refractivity (Wildman–Crippen MR) is 74.6 cm³/mol. The van der Waals surface area contributed by atoms with Gasteiger partial charge in [0.1, 0.15) is 10.0 Å². The van der Waals surface area contributed by atoms with Crippen LogP contribution in [0.5, 0.6) is 0 Å². The van der Waals surface area contributed by atoms with E-state index in [1.54, 1.807) is 13.8 Å². The summed E-state index contributed by atoms with van der Waals surface area (Å²) >= 11 is 5.76. The fourth-order valence-electron chi connectivity index (χ4n) is 1.21. The Labute approximate surface area is 119 Å². The number of aromatic nitrogens is 1. The average molecular weight is 307 g/mol. The molecule has 0 aliphatic heterocycles. The Bertz CT molecular complexity index is 556. The summed E-state index contributed by atoms with van der Waals surface area (Å²) in [4.78, 5) is 3.84. The van der Waals surface area contributed by atoms with E-state index in [1.165, 1.54) is 12.3 Å². The van der Waals surface area contributed by atoms with Gasteiger partial charge in [0.25, 0.3) is 0 Å². The van der Waals surface area contributed by atoms with Crippen molar-refractivity contribution in [2.24, 2.45) is 5.92 Å². The molecule has 1 unspecified atom stereocenters. The first-order valence-electron chi connectivity index (χ1n) is 5.90. The number of nitrogens with one attached hydrogen (secondary N) is 1. The van der Waals surface area contributed by atoms with Crippen molar-refractivity contribution in [1.29, 1.82) is 0 Å². The molecule has 1 heterocycles. The van der Waals surface area contributed by atoms with Crippen molar-refractivity contribution in [3.63, 3.8) is 0 Å². The molecule has 0 amide bonds. The van der Waals surface area contributed by atoms with Crippen LogP contribution in [0.25, 0.3) is 0 Å². The molecule has 1 rings (SSSR count).